The predicted octanol–water partition coefficient (Wildman–Crippen LogP) is 3.66. The fourth-order valence-corrected chi connectivity index (χ4v) is 4.41. The molecule has 0 aliphatic rings. The minimum Gasteiger partial charge on any atom is -0.493 e. The van der Waals surface area contributed by atoms with Gasteiger partial charge in [-0.3, -0.25) is 9.59 Å². The van der Waals surface area contributed by atoms with Crippen LogP contribution in [0.5, 0.6) is 11.5 Å². The van der Waals surface area contributed by atoms with Gasteiger partial charge in [0.15, 0.2) is 15.8 Å². The van der Waals surface area contributed by atoms with Gasteiger partial charge in [0.25, 0.3) is 5.91 Å². The number of hydrogen-bond donors (Lipinski definition) is 2. The third kappa shape index (κ3) is 4.87. The molecule has 0 spiro atoms. The second-order valence-electron chi connectivity index (χ2n) is 5.77. The number of nitrogens with two attached hydrogens (primary N) is 1. The first kappa shape index (κ1) is 20.7. The van der Waals surface area contributed by atoms with E-state index >= 15 is 0 Å². The van der Waals surface area contributed by atoms with Crippen LogP contribution in [0.25, 0.3) is 11.3 Å². The molecule has 0 aliphatic heterocycles. The Balaban J connectivity index is 1.95. The zero-order valence-corrected chi connectivity index (χ0v) is 17.4. The van der Waals surface area contributed by atoms with Gasteiger partial charge in [-0.1, -0.05) is 59.5 Å². The minimum atomic E-state index is -0.432. The van der Waals surface area contributed by atoms with Crippen LogP contribution in [-0.4, -0.2) is 36.8 Å². The quantitative estimate of drug-likeness (QED) is 0.530. The maximum atomic E-state index is 13.0. The van der Waals surface area contributed by atoms with Gasteiger partial charge in [-0.25, -0.2) is 4.98 Å². The SMILES string of the molecule is COc1cccc(C(=O)Nc2sc(SCC(N)=O)nc2-c2ccccc2)c1OC. The number of benzene rings is 2. The molecule has 3 N–H and O–H groups in total. The van der Waals surface area contributed by atoms with Crippen molar-refractivity contribution >= 4 is 39.9 Å². The number of rotatable bonds is 8. The fourth-order valence-electron chi connectivity index (χ4n) is 2.61. The summed E-state index contributed by atoms with van der Waals surface area (Å²) in [6, 6.07) is 14.6. The van der Waals surface area contributed by atoms with Gasteiger partial charge >= 0.3 is 0 Å². The van der Waals surface area contributed by atoms with Crippen molar-refractivity contribution in [3.63, 3.8) is 0 Å². The van der Waals surface area contributed by atoms with Crippen LogP contribution in [-0.2, 0) is 4.79 Å². The van der Waals surface area contributed by atoms with E-state index in [4.69, 9.17) is 15.2 Å². The Labute approximate surface area is 176 Å². The number of hydrogen-bond acceptors (Lipinski definition) is 7. The molecule has 0 saturated carbocycles. The van der Waals surface area contributed by atoms with Gasteiger partial charge in [0.1, 0.15) is 10.7 Å². The van der Waals surface area contributed by atoms with E-state index in [1.165, 1.54) is 37.3 Å². The van der Waals surface area contributed by atoms with E-state index in [2.05, 4.69) is 10.3 Å². The number of ether oxygens (including phenoxy) is 2. The summed E-state index contributed by atoms with van der Waals surface area (Å²) in [6.45, 7) is 0. The number of anilines is 1. The van der Waals surface area contributed by atoms with E-state index in [1.807, 2.05) is 30.3 Å². The number of thioether (sulfide) groups is 1. The summed E-state index contributed by atoms with van der Waals surface area (Å²) in [5.41, 5.74) is 7.04. The first-order valence-electron chi connectivity index (χ1n) is 8.53. The average Bonchev–Trinajstić information content (AvgIpc) is 3.14. The Morgan fingerprint density at radius 2 is 1.86 bits per heavy atom. The molecule has 0 radical (unpaired) electrons. The number of nitrogens with zero attached hydrogens (tertiary/aromatic N) is 1. The highest BCUT2D eigenvalue weighted by molar-refractivity contribution is 8.01. The summed E-state index contributed by atoms with van der Waals surface area (Å²) < 4.78 is 11.3. The maximum absolute atomic E-state index is 13.0. The topological polar surface area (TPSA) is 104 Å². The third-order valence-electron chi connectivity index (χ3n) is 3.87. The van der Waals surface area contributed by atoms with Crippen LogP contribution in [0.3, 0.4) is 0 Å². The van der Waals surface area contributed by atoms with E-state index in [-0.39, 0.29) is 11.7 Å². The lowest BCUT2D eigenvalue weighted by Gasteiger charge is -2.12. The summed E-state index contributed by atoms with van der Waals surface area (Å²) >= 11 is 2.51. The van der Waals surface area contributed by atoms with Crippen LogP contribution in [0.1, 0.15) is 10.4 Å². The molecule has 0 bridgehead atoms. The molecule has 150 valence electrons. The number of carbonyl (C=O) groups is 2. The Hall–Kier alpha value is -3.04. The molecule has 0 aliphatic carbocycles. The molecule has 2 aromatic carbocycles. The Morgan fingerprint density at radius 3 is 2.52 bits per heavy atom. The molecule has 3 rings (SSSR count). The number of para-hydroxylation sites is 1. The Bertz CT molecular complexity index is 1020. The van der Waals surface area contributed by atoms with Crippen molar-refractivity contribution in [1.82, 2.24) is 4.98 Å². The molecule has 1 heterocycles. The number of methoxy groups -OCH3 is 2. The zero-order chi connectivity index (χ0) is 20.8. The minimum absolute atomic E-state index is 0.110. The second kappa shape index (κ2) is 9.44. The van der Waals surface area contributed by atoms with Crippen molar-refractivity contribution in [1.29, 1.82) is 0 Å². The van der Waals surface area contributed by atoms with Gasteiger partial charge in [0.2, 0.25) is 5.91 Å². The van der Waals surface area contributed by atoms with E-state index in [0.29, 0.717) is 32.1 Å². The van der Waals surface area contributed by atoms with Crippen LogP contribution in [0.15, 0.2) is 52.9 Å². The molecule has 1 aromatic heterocycles. The highest BCUT2D eigenvalue weighted by Crippen LogP contribution is 2.38. The number of primary amides is 1. The summed E-state index contributed by atoms with van der Waals surface area (Å²) in [4.78, 5) is 28.7. The fraction of sp³-hybridized carbons (Fsp3) is 0.150. The summed E-state index contributed by atoms with van der Waals surface area (Å²) in [5, 5.41) is 3.48. The normalized spacial score (nSPS) is 10.4. The van der Waals surface area contributed by atoms with Crippen molar-refractivity contribution in [3.8, 4) is 22.8 Å². The standard InChI is InChI=1S/C20H19N3O4S2/c1-26-14-10-6-9-13(17(14)27-2)18(25)23-19-16(12-7-4-3-5-8-12)22-20(29-19)28-11-15(21)24/h3-10H,11H2,1-2H3,(H2,21,24)(H,23,25). The third-order valence-corrected chi connectivity index (χ3v) is 6.00. The number of amides is 2. The molecule has 0 fully saturated rings. The monoisotopic (exact) mass is 429 g/mol. The molecule has 0 saturated heterocycles. The van der Waals surface area contributed by atoms with Gasteiger partial charge in [0, 0.05) is 5.56 Å². The smallest absolute Gasteiger partial charge is 0.260 e. The lowest BCUT2D eigenvalue weighted by Crippen LogP contribution is -2.13. The van der Waals surface area contributed by atoms with Crippen LogP contribution >= 0.6 is 23.1 Å². The number of thiazole rings is 1. The molecule has 2 amide bonds. The van der Waals surface area contributed by atoms with Crippen molar-refractivity contribution in [2.75, 3.05) is 25.3 Å². The zero-order valence-electron chi connectivity index (χ0n) is 15.8. The highest BCUT2D eigenvalue weighted by atomic mass is 32.2. The second-order valence-corrected chi connectivity index (χ2v) is 8.00. The predicted molar refractivity (Wildman–Crippen MR) is 115 cm³/mol. The first-order chi connectivity index (χ1) is 14.0. The van der Waals surface area contributed by atoms with Gasteiger partial charge in [-0.2, -0.15) is 0 Å². The summed E-state index contributed by atoms with van der Waals surface area (Å²) in [6.07, 6.45) is 0. The van der Waals surface area contributed by atoms with Gasteiger partial charge < -0.3 is 20.5 Å². The van der Waals surface area contributed by atoms with Crippen molar-refractivity contribution in [2.45, 2.75) is 4.34 Å². The van der Waals surface area contributed by atoms with Gasteiger partial charge in [-0.15, -0.1) is 0 Å². The lowest BCUT2D eigenvalue weighted by molar-refractivity contribution is -0.115. The number of carbonyl (C=O) groups excluding carboxylic acids is 2. The van der Waals surface area contributed by atoms with Crippen molar-refractivity contribution in [2.24, 2.45) is 5.73 Å². The van der Waals surface area contributed by atoms with Gasteiger partial charge in [0.05, 0.1) is 25.5 Å². The summed E-state index contributed by atoms with van der Waals surface area (Å²) in [5.74, 6) is 0.136. The van der Waals surface area contributed by atoms with E-state index in [0.717, 1.165) is 5.56 Å². The van der Waals surface area contributed by atoms with Crippen molar-refractivity contribution in [3.05, 3.63) is 54.1 Å². The molecule has 29 heavy (non-hydrogen) atoms. The highest BCUT2D eigenvalue weighted by Gasteiger charge is 2.21. The lowest BCUT2D eigenvalue weighted by atomic mass is 10.1. The van der Waals surface area contributed by atoms with Crippen LogP contribution in [0, 0.1) is 0 Å². The Morgan fingerprint density at radius 1 is 1.10 bits per heavy atom. The van der Waals surface area contributed by atoms with E-state index in [1.54, 1.807) is 18.2 Å². The van der Waals surface area contributed by atoms with Gasteiger partial charge in [-0.05, 0) is 12.1 Å². The van der Waals surface area contributed by atoms with E-state index < -0.39 is 5.91 Å². The molecule has 0 unspecified atom stereocenters. The molecular weight excluding hydrogens is 410 g/mol. The van der Waals surface area contributed by atoms with Crippen LogP contribution < -0.4 is 20.5 Å². The maximum Gasteiger partial charge on any atom is 0.260 e. The van der Waals surface area contributed by atoms with Crippen LogP contribution in [0.4, 0.5) is 5.00 Å². The first-order valence-corrected chi connectivity index (χ1v) is 10.3. The van der Waals surface area contributed by atoms with Crippen LogP contribution in [0.2, 0.25) is 0 Å². The molecule has 3 aromatic rings. The number of nitrogens with one attached hydrogen (secondary N) is 1. The molecule has 9 heteroatoms. The Kier molecular flexibility index (Phi) is 6.73. The molecular formula is C20H19N3O4S2. The number of aromatic nitrogens is 1. The molecule has 7 nitrogen and oxygen atoms in total. The van der Waals surface area contributed by atoms with E-state index in [9.17, 15) is 9.59 Å². The average molecular weight is 430 g/mol. The molecule has 0 atom stereocenters. The largest absolute Gasteiger partial charge is 0.493 e. The summed E-state index contributed by atoms with van der Waals surface area (Å²) in [7, 11) is 2.99. The van der Waals surface area contributed by atoms with Crippen molar-refractivity contribution < 1.29 is 19.1 Å².